The van der Waals surface area contributed by atoms with Gasteiger partial charge in [-0.2, -0.15) is 0 Å². The number of carbonyl (C=O) groups excluding carboxylic acids is 4. The van der Waals surface area contributed by atoms with Gasteiger partial charge in [0.25, 0.3) is 0 Å². The van der Waals surface area contributed by atoms with Crippen LogP contribution >= 0.6 is 0 Å². The van der Waals surface area contributed by atoms with Gasteiger partial charge in [0.2, 0.25) is 16.2 Å². The number of carbonyl (C=O) groups is 12. The van der Waals surface area contributed by atoms with Crippen molar-refractivity contribution < 1.29 is 108 Å². The van der Waals surface area contributed by atoms with Crippen molar-refractivity contribution >= 4 is 71.6 Å². The third kappa shape index (κ3) is 6.46. The molecule has 0 fully saturated rings. The van der Waals surface area contributed by atoms with Gasteiger partial charge in [-0.25, -0.2) is 0 Å². The third-order valence-corrected chi connectivity index (χ3v) is 11.2. The maximum absolute atomic E-state index is 14.6. The lowest BCUT2D eigenvalue weighted by Gasteiger charge is -2.43. The Balaban J connectivity index is 2.46. The zero-order chi connectivity index (χ0) is 44.1. The Morgan fingerprint density at radius 1 is 0.328 bits per heavy atom. The minimum absolute atomic E-state index is 0.00107. The maximum atomic E-state index is 14.6. The summed E-state index contributed by atoms with van der Waals surface area (Å²) >= 11 is 0. The summed E-state index contributed by atoms with van der Waals surface area (Å²) in [4.78, 5) is 160. The molecule has 0 spiro atoms. The van der Waals surface area contributed by atoms with Crippen LogP contribution in [0.25, 0.3) is 0 Å². The van der Waals surface area contributed by atoms with Crippen molar-refractivity contribution in [2.24, 2.45) is 32.5 Å². The van der Waals surface area contributed by atoms with Gasteiger partial charge in [0.1, 0.15) is 0 Å². The van der Waals surface area contributed by atoms with E-state index in [9.17, 15) is 98.4 Å². The highest BCUT2D eigenvalue weighted by Gasteiger charge is 2.76. The molecule has 3 rings (SSSR count). The second-order valence-corrected chi connectivity index (χ2v) is 13.9. The Kier molecular flexibility index (Phi) is 13.2. The van der Waals surface area contributed by atoms with Crippen molar-refractivity contribution in [1.82, 2.24) is 0 Å². The van der Waals surface area contributed by atoms with Gasteiger partial charge in [0, 0.05) is 0 Å². The predicted molar refractivity (Wildman–Crippen MR) is 181 cm³/mol. The minimum atomic E-state index is -4.13. The maximum Gasteiger partial charge on any atom is 0.333 e. The second kappa shape index (κ2) is 16.8. The molecule has 0 saturated heterocycles. The van der Waals surface area contributed by atoms with Gasteiger partial charge in [-0.3, -0.25) is 57.5 Å². The van der Waals surface area contributed by atoms with Crippen molar-refractivity contribution in [2.75, 3.05) is 0 Å². The molecule has 0 radical (unpaired) electrons. The first-order valence-electron chi connectivity index (χ1n) is 17.5. The van der Waals surface area contributed by atoms with Gasteiger partial charge in [0.15, 0.2) is 16.2 Å². The number of aliphatic carboxylic acids is 8. The fourth-order valence-electron chi connectivity index (χ4n) is 7.93. The Bertz CT molecular complexity index is 1780. The number of carboxylic acid groups (broad SMARTS) is 8. The lowest BCUT2D eigenvalue weighted by Crippen LogP contribution is -2.65. The van der Waals surface area contributed by atoms with Crippen LogP contribution in [0.4, 0.5) is 0 Å². The average Bonchev–Trinajstić information content (AvgIpc) is 3.07. The van der Waals surface area contributed by atoms with Crippen LogP contribution in [0.15, 0.2) is 36.5 Å². The summed E-state index contributed by atoms with van der Waals surface area (Å²) < 4.78 is 9.54. The van der Waals surface area contributed by atoms with Crippen LogP contribution in [0.2, 0.25) is 0 Å². The van der Waals surface area contributed by atoms with Gasteiger partial charge in [-0.15, -0.1) is 0 Å². The molecular weight excluding hydrogens is 784 g/mol. The first-order valence-corrected chi connectivity index (χ1v) is 17.5. The molecule has 2 atom stereocenters. The molecule has 314 valence electrons. The summed E-state index contributed by atoms with van der Waals surface area (Å²) in [5.41, 5.74) is -23.4. The molecule has 2 unspecified atom stereocenters. The van der Waals surface area contributed by atoms with Crippen LogP contribution in [0, 0.1) is 32.5 Å². The molecule has 0 aromatic rings. The molecule has 22 heteroatoms. The van der Waals surface area contributed by atoms with Gasteiger partial charge in [-0.1, -0.05) is 55.7 Å². The second-order valence-electron chi connectivity index (χ2n) is 13.9. The molecule has 0 aromatic heterocycles. The first-order chi connectivity index (χ1) is 27.0. The third-order valence-electron chi connectivity index (χ3n) is 11.2. The smallest absolute Gasteiger partial charge is 0.333 e. The zero-order valence-electron chi connectivity index (χ0n) is 30.2. The summed E-state index contributed by atoms with van der Waals surface area (Å²) in [5.74, 6) is -30.6. The molecule has 0 amide bonds. The number of rotatable bonds is 12. The van der Waals surface area contributed by atoms with E-state index in [0.717, 1.165) is 18.2 Å². The van der Waals surface area contributed by atoms with E-state index >= 15 is 0 Å². The van der Waals surface area contributed by atoms with Gasteiger partial charge in [-0.05, 0) is 57.8 Å². The largest absolute Gasteiger partial charge is 0.480 e. The number of hydrogen-bond acceptors (Lipinski definition) is 14. The Labute approximate surface area is 325 Å². The zero-order valence-corrected chi connectivity index (χ0v) is 30.2. The molecule has 22 nitrogen and oxygen atoms in total. The van der Waals surface area contributed by atoms with Crippen molar-refractivity contribution in [3.8, 4) is 0 Å². The summed E-state index contributed by atoms with van der Waals surface area (Å²) in [6.45, 7) is 0. The van der Waals surface area contributed by atoms with Crippen LogP contribution in [0.3, 0.4) is 0 Å². The Morgan fingerprint density at radius 2 is 0.552 bits per heavy atom. The molecule has 3 aliphatic rings. The minimum Gasteiger partial charge on any atom is -0.480 e. The number of esters is 4. The van der Waals surface area contributed by atoms with E-state index in [-0.39, 0.29) is 44.6 Å². The molecule has 3 aliphatic carbocycles. The summed E-state index contributed by atoms with van der Waals surface area (Å²) in [5, 5.41) is 82.6. The number of hydrogen-bond donors (Lipinski definition) is 8. The SMILES string of the molecule is O=C(O)C1(C(=O)O)/C=C\CCCCC1(C(=O)O)C(=O)OC(=O)C1(C(=O)OC(=O)C2(C(=O)O)CCCC/C=C\C2(C(=O)O)C(=O)O)CCCC/C=C\C1(C(=O)O)C(=O)O. The highest BCUT2D eigenvalue weighted by atomic mass is 16.6. The number of ether oxygens (including phenoxy) is 2. The summed E-state index contributed by atoms with van der Waals surface area (Å²) in [6.07, 6.45) is -2.01. The fraction of sp³-hybridized carbons (Fsp3) is 0.500. The highest BCUT2D eigenvalue weighted by molar-refractivity contribution is 6.22. The van der Waals surface area contributed by atoms with E-state index in [1.807, 2.05) is 0 Å². The lowest BCUT2D eigenvalue weighted by atomic mass is 9.58. The molecule has 0 heterocycles. The monoisotopic (exact) mass is 822 g/mol. The van der Waals surface area contributed by atoms with E-state index < -0.39 is 143 Å². The Hall–Kier alpha value is -6.74. The fourth-order valence-corrected chi connectivity index (χ4v) is 7.93. The quantitative estimate of drug-likeness (QED) is 0.0776. The van der Waals surface area contributed by atoms with Crippen molar-refractivity contribution in [3.63, 3.8) is 0 Å². The topological polar surface area (TPSA) is 385 Å². The highest BCUT2D eigenvalue weighted by Crippen LogP contribution is 2.54. The standard InChI is InChI=1S/C36H38O22/c37-19(38)31(20(39)40)13-7-1-4-10-16-34(31,25(49)50)27(53)57-29(55)36(18-12-6-3-9-15-33(36,23(45)46)24(47)48)30(56)58-28(54)35(26(51)52)17-11-5-2-8-14-32(35,21(41)42)22(43)44/h7-9,13-15H,1-6,10-12,16-18H2,(H,37,38)(H,39,40)(H,41,42)(H,43,44)(H,45,46)(H,47,48)(H,49,50)(H,51,52)/b13-7-,14-8-,15-9-. The van der Waals surface area contributed by atoms with Crippen LogP contribution in [-0.2, 0) is 67.0 Å². The van der Waals surface area contributed by atoms with E-state index in [1.54, 1.807) is 0 Å². The molecule has 0 aliphatic heterocycles. The molecule has 8 N–H and O–H groups in total. The number of allylic oxidation sites excluding steroid dienone is 3. The Morgan fingerprint density at radius 3 is 0.793 bits per heavy atom. The molecule has 0 aromatic carbocycles. The van der Waals surface area contributed by atoms with Gasteiger partial charge in [0.05, 0.1) is 0 Å². The van der Waals surface area contributed by atoms with Crippen LogP contribution in [-0.4, -0.2) is 112 Å². The molecule has 0 saturated carbocycles. The van der Waals surface area contributed by atoms with Crippen molar-refractivity contribution in [2.45, 2.75) is 77.0 Å². The van der Waals surface area contributed by atoms with Crippen LogP contribution in [0.5, 0.6) is 0 Å². The summed E-state index contributed by atoms with van der Waals surface area (Å²) in [7, 11) is 0. The van der Waals surface area contributed by atoms with E-state index in [0.29, 0.717) is 12.2 Å². The normalized spacial score (nSPS) is 27.9. The van der Waals surface area contributed by atoms with Crippen molar-refractivity contribution in [3.05, 3.63) is 36.5 Å². The van der Waals surface area contributed by atoms with Crippen molar-refractivity contribution in [1.29, 1.82) is 0 Å². The predicted octanol–water partition coefficient (Wildman–Crippen LogP) is 1.11. The first kappa shape index (κ1) is 45.6. The molecule has 58 heavy (non-hydrogen) atoms. The molecule has 0 bridgehead atoms. The summed E-state index contributed by atoms with van der Waals surface area (Å²) in [6, 6.07) is 0. The van der Waals surface area contributed by atoms with E-state index in [4.69, 9.17) is 9.47 Å². The van der Waals surface area contributed by atoms with Gasteiger partial charge >= 0.3 is 71.6 Å². The average molecular weight is 823 g/mol. The van der Waals surface area contributed by atoms with E-state index in [2.05, 4.69) is 0 Å². The number of carboxylic acids is 8. The van der Waals surface area contributed by atoms with Crippen LogP contribution < -0.4 is 0 Å². The van der Waals surface area contributed by atoms with Crippen LogP contribution in [0.1, 0.15) is 77.0 Å². The molecular formula is C36H38O22. The van der Waals surface area contributed by atoms with Gasteiger partial charge < -0.3 is 50.3 Å². The van der Waals surface area contributed by atoms with E-state index in [1.165, 1.54) is 0 Å². The lowest BCUT2D eigenvalue weighted by molar-refractivity contribution is -0.209.